The normalized spacial score (nSPS) is 11.6. The Hall–Kier alpha value is -0.830. The fraction of sp³-hybridized carbons (Fsp3) is 0.167. The standard InChI is InChI=1S/C12H12Br2N2O3S/c1-15-20(17,18)11-6-5-8(19-11)7-16-12-9(13)3-2-4-10(12)14/h2-6,15-16H,7H2,1H3. The summed E-state index contributed by atoms with van der Waals surface area (Å²) in [5.41, 5.74) is 0.877. The van der Waals surface area contributed by atoms with Crippen LogP contribution in [0.15, 0.2) is 48.8 Å². The Balaban J connectivity index is 2.13. The molecule has 0 amide bonds. The van der Waals surface area contributed by atoms with E-state index < -0.39 is 10.0 Å². The van der Waals surface area contributed by atoms with E-state index in [1.54, 1.807) is 6.07 Å². The van der Waals surface area contributed by atoms with Gasteiger partial charge >= 0.3 is 0 Å². The van der Waals surface area contributed by atoms with Crippen LogP contribution in [0, 0.1) is 0 Å². The van der Waals surface area contributed by atoms with E-state index in [0.717, 1.165) is 14.6 Å². The molecule has 0 fully saturated rings. The Labute approximate surface area is 134 Å². The van der Waals surface area contributed by atoms with Crippen LogP contribution in [0.1, 0.15) is 5.76 Å². The summed E-state index contributed by atoms with van der Waals surface area (Å²) in [5.74, 6) is 0.529. The molecule has 20 heavy (non-hydrogen) atoms. The van der Waals surface area contributed by atoms with Crippen LogP contribution in [0.3, 0.4) is 0 Å². The van der Waals surface area contributed by atoms with Crippen molar-refractivity contribution in [1.29, 1.82) is 0 Å². The fourth-order valence-corrected chi connectivity index (χ4v) is 3.48. The van der Waals surface area contributed by atoms with E-state index in [-0.39, 0.29) is 5.09 Å². The van der Waals surface area contributed by atoms with Crippen LogP contribution in [0.5, 0.6) is 0 Å². The van der Waals surface area contributed by atoms with Crippen LogP contribution in [-0.4, -0.2) is 15.5 Å². The summed E-state index contributed by atoms with van der Waals surface area (Å²) in [6.45, 7) is 0.375. The predicted molar refractivity (Wildman–Crippen MR) is 84.1 cm³/mol. The minimum absolute atomic E-state index is 0.0945. The largest absolute Gasteiger partial charge is 0.446 e. The average molecular weight is 424 g/mol. The lowest BCUT2D eigenvalue weighted by Crippen LogP contribution is -2.17. The number of rotatable bonds is 5. The van der Waals surface area contributed by atoms with Gasteiger partial charge < -0.3 is 9.73 Å². The molecule has 0 aliphatic heterocycles. The summed E-state index contributed by atoms with van der Waals surface area (Å²) >= 11 is 6.88. The highest BCUT2D eigenvalue weighted by atomic mass is 79.9. The van der Waals surface area contributed by atoms with Crippen molar-refractivity contribution in [2.24, 2.45) is 0 Å². The number of anilines is 1. The first kappa shape index (κ1) is 15.6. The molecule has 5 nitrogen and oxygen atoms in total. The number of hydrogen-bond acceptors (Lipinski definition) is 4. The lowest BCUT2D eigenvalue weighted by molar-refractivity contribution is 0.417. The van der Waals surface area contributed by atoms with Crippen molar-refractivity contribution in [3.05, 3.63) is 45.0 Å². The molecule has 2 aromatic rings. The van der Waals surface area contributed by atoms with Crippen LogP contribution >= 0.6 is 31.9 Å². The molecule has 0 bridgehead atoms. The molecule has 0 unspecified atom stereocenters. The van der Waals surface area contributed by atoms with E-state index >= 15 is 0 Å². The highest BCUT2D eigenvalue weighted by Crippen LogP contribution is 2.31. The summed E-state index contributed by atoms with van der Waals surface area (Å²) in [6.07, 6.45) is 0. The first-order valence-corrected chi connectivity index (χ1v) is 8.71. The van der Waals surface area contributed by atoms with E-state index in [1.807, 2.05) is 18.2 Å². The second-order valence-corrected chi connectivity index (χ2v) is 7.40. The van der Waals surface area contributed by atoms with Gasteiger partial charge in [0.25, 0.3) is 10.0 Å². The minimum Gasteiger partial charge on any atom is -0.446 e. The van der Waals surface area contributed by atoms with E-state index in [4.69, 9.17) is 4.42 Å². The molecule has 1 aromatic heterocycles. The van der Waals surface area contributed by atoms with Crippen LogP contribution in [0.25, 0.3) is 0 Å². The Morgan fingerprint density at radius 3 is 2.40 bits per heavy atom. The van der Waals surface area contributed by atoms with E-state index in [9.17, 15) is 8.42 Å². The second kappa shape index (κ2) is 6.30. The highest BCUT2D eigenvalue weighted by molar-refractivity contribution is 9.11. The van der Waals surface area contributed by atoms with E-state index in [2.05, 4.69) is 41.9 Å². The Morgan fingerprint density at radius 2 is 1.80 bits per heavy atom. The molecule has 1 heterocycles. The van der Waals surface area contributed by atoms with Crippen LogP contribution in [0.2, 0.25) is 0 Å². The lowest BCUT2D eigenvalue weighted by Gasteiger charge is -2.09. The Kier molecular flexibility index (Phi) is 4.90. The zero-order valence-corrected chi connectivity index (χ0v) is 14.5. The number of para-hydroxylation sites is 1. The first-order valence-electron chi connectivity index (χ1n) is 5.64. The van der Waals surface area contributed by atoms with Gasteiger partial charge in [0.2, 0.25) is 5.09 Å². The first-order chi connectivity index (χ1) is 9.44. The summed E-state index contributed by atoms with van der Waals surface area (Å²) in [5, 5.41) is 3.08. The molecule has 0 aliphatic rings. The van der Waals surface area contributed by atoms with Gasteiger partial charge in [-0.1, -0.05) is 6.07 Å². The van der Waals surface area contributed by atoms with Crippen LogP contribution in [-0.2, 0) is 16.6 Å². The fourth-order valence-electron chi connectivity index (χ4n) is 1.54. The van der Waals surface area contributed by atoms with Gasteiger partial charge in [0.05, 0.1) is 12.2 Å². The summed E-state index contributed by atoms with van der Waals surface area (Å²) in [7, 11) is -2.20. The molecule has 8 heteroatoms. The Morgan fingerprint density at radius 1 is 1.15 bits per heavy atom. The molecule has 0 radical (unpaired) electrons. The molecule has 0 atom stereocenters. The molecule has 0 saturated carbocycles. The topological polar surface area (TPSA) is 71.3 Å². The van der Waals surface area contributed by atoms with E-state index in [0.29, 0.717) is 12.3 Å². The highest BCUT2D eigenvalue weighted by Gasteiger charge is 2.16. The van der Waals surface area contributed by atoms with Crippen molar-refractivity contribution >= 4 is 47.6 Å². The SMILES string of the molecule is CNS(=O)(=O)c1ccc(CNc2c(Br)cccc2Br)o1. The quantitative estimate of drug-likeness (QED) is 0.773. The summed E-state index contributed by atoms with van der Waals surface area (Å²) < 4.78 is 32.4. The minimum atomic E-state index is -3.54. The van der Waals surface area contributed by atoms with Gasteiger partial charge in [0.15, 0.2) is 0 Å². The van der Waals surface area contributed by atoms with Gasteiger partial charge in [0.1, 0.15) is 5.76 Å². The van der Waals surface area contributed by atoms with Crippen LogP contribution in [0.4, 0.5) is 5.69 Å². The smallest absolute Gasteiger partial charge is 0.273 e. The maximum atomic E-state index is 11.6. The second-order valence-electron chi connectivity index (χ2n) is 3.88. The number of hydrogen-bond donors (Lipinski definition) is 2. The predicted octanol–water partition coefficient (Wildman–Crippen LogP) is 3.32. The molecule has 1 aromatic carbocycles. The average Bonchev–Trinajstić information content (AvgIpc) is 2.88. The van der Waals surface area contributed by atoms with Gasteiger partial charge in [-0.25, -0.2) is 13.1 Å². The molecular formula is C12H12Br2N2O3S. The number of halogens is 2. The molecular weight excluding hydrogens is 412 g/mol. The number of nitrogens with one attached hydrogen (secondary N) is 2. The maximum Gasteiger partial charge on any atom is 0.273 e. The van der Waals surface area contributed by atoms with Gasteiger partial charge in [-0.2, -0.15) is 0 Å². The summed E-state index contributed by atoms with van der Waals surface area (Å²) in [6, 6.07) is 8.78. The lowest BCUT2D eigenvalue weighted by atomic mass is 10.3. The van der Waals surface area contributed by atoms with Gasteiger partial charge in [0, 0.05) is 8.95 Å². The number of furan rings is 1. The molecule has 0 spiro atoms. The van der Waals surface area contributed by atoms with Crippen molar-refractivity contribution in [3.8, 4) is 0 Å². The van der Waals surface area contributed by atoms with Gasteiger partial charge in [-0.3, -0.25) is 0 Å². The molecule has 2 rings (SSSR count). The molecule has 0 aliphatic carbocycles. The summed E-state index contributed by atoms with van der Waals surface area (Å²) in [4.78, 5) is 0. The van der Waals surface area contributed by atoms with Crippen LogP contribution < -0.4 is 10.0 Å². The third-order valence-electron chi connectivity index (χ3n) is 2.57. The molecule has 108 valence electrons. The Bertz CT molecular complexity index is 693. The monoisotopic (exact) mass is 422 g/mol. The number of sulfonamides is 1. The van der Waals surface area contributed by atoms with Crippen molar-refractivity contribution in [2.45, 2.75) is 11.6 Å². The van der Waals surface area contributed by atoms with Crippen molar-refractivity contribution in [2.75, 3.05) is 12.4 Å². The zero-order valence-electron chi connectivity index (χ0n) is 10.5. The molecule has 0 saturated heterocycles. The number of benzene rings is 1. The third kappa shape index (κ3) is 3.43. The van der Waals surface area contributed by atoms with Gasteiger partial charge in [-0.05, 0) is 63.2 Å². The van der Waals surface area contributed by atoms with Gasteiger partial charge in [-0.15, -0.1) is 0 Å². The third-order valence-corrected chi connectivity index (χ3v) is 5.18. The van der Waals surface area contributed by atoms with Crippen molar-refractivity contribution in [1.82, 2.24) is 4.72 Å². The zero-order chi connectivity index (χ0) is 14.8. The van der Waals surface area contributed by atoms with E-state index in [1.165, 1.54) is 13.1 Å². The maximum absolute atomic E-state index is 11.6. The van der Waals surface area contributed by atoms with Crippen molar-refractivity contribution in [3.63, 3.8) is 0 Å². The molecule has 2 N–H and O–H groups in total. The van der Waals surface area contributed by atoms with Crippen molar-refractivity contribution < 1.29 is 12.8 Å².